The molecule has 19 heavy (non-hydrogen) atoms. The molecule has 0 aliphatic heterocycles. The SMILES string of the molecule is O=C(NCc1cnc[nH]1)c1cccc(C#CCO)c1. The average molecular weight is 255 g/mol. The molecule has 0 aliphatic rings. The molecule has 0 radical (unpaired) electrons. The zero-order valence-corrected chi connectivity index (χ0v) is 10.2. The largest absolute Gasteiger partial charge is 0.384 e. The number of carbonyl (C=O) groups is 1. The predicted molar refractivity (Wildman–Crippen MR) is 70.2 cm³/mol. The highest BCUT2D eigenvalue weighted by Gasteiger charge is 2.05. The Morgan fingerprint density at radius 1 is 1.47 bits per heavy atom. The van der Waals surface area contributed by atoms with Gasteiger partial charge in [0.05, 0.1) is 18.6 Å². The van der Waals surface area contributed by atoms with Crippen molar-refractivity contribution in [1.29, 1.82) is 0 Å². The van der Waals surface area contributed by atoms with Crippen molar-refractivity contribution >= 4 is 5.91 Å². The molecule has 0 aliphatic carbocycles. The molecule has 1 heterocycles. The fourth-order valence-electron chi connectivity index (χ4n) is 1.54. The number of H-pyrrole nitrogens is 1. The molecule has 0 fully saturated rings. The second-order valence-corrected chi connectivity index (χ2v) is 3.80. The van der Waals surface area contributed by atoms with Gasteiger partial charge in [-0.1, -0.05) is 17.9 Å². The molecule has 2 rings (SSSR count). The zero-order valence-electron chi connectivity index (χ0n) is 10.2. The van der Waals surface area contributed by atoms with Gasteiger partial charge in [0.15, 0.2) is 0 Å². The van der Waals surface area contributed by atoms with Gasteiger partial charge in [-0.3, -0.25) is 4.79 Å². The number of nitrogens with one attached hydrogen (secondary N) is 2. The number of aromatic nitrogens is 2. The first-order valence-corrected chi connectivity index (χ1v) is 5.75. The lowest BCUT2D eigenvalue weighted by molar-refractivity contribution is 0.0950. The topological polar surface area (TPSA) is 78.0 Å². The van der Waals surface area contributed by atoms with E-state index in [0.717, 1.165) is 5.69 Å². The quantitative estimate of drug-likeness (QED) is 0.706. The van der Waals surface area contributed by atoms with Gasteiger partial charge in [-0.15, -0.1) is 0 Å². The molecule has 1 aromatic heterocycles. The number of aliphatic hydroxyl groups is 1. The first kappa shape index (κ1) is 12.9. The Morgan fingerprint density at radius 2 is 2.37 bits per heavy atom. The van der Waals surface area contributed by atoms with Crippen molar-refractivity contribution in [3.63, 3.8) is 0 Å². The Hall–Kier alpha value is -2.58. The minimum absolute atomic E-state index is 0.178. The van der Waals surface area contributed by atoms with Crippen LogP contribution in [0.2, 0.25) is 0 Å². The third-order valence-corrected chi connectivity index (χ3v) is 2.43. The third-order valence-electron chi connectivity index (χ3n) is 2.43. The van der Waals surface area contributed by atoms with Crippen LogP contribution in [0.25, 0.3) is 0 Å². The van der Waals surface area contributed by atoms with Crippen LogP contribution in [0.1, 0.15) is 21.6 Å². The Balaban J connectivity index is 2.02. The number of amides is 1. The number of carbonyl (C=O) groups excluding carboxylic acids is 1. The van der Waals surface area contributed by atoms with Crippen molar-refractivity contribution in [3.05, 3.63) is 53.6 Å². The number of nitrogens with zero attached hydrogens (tertiary/aromatic N) is 1. The average Bonchev–Trinajstić information content (AvgIpc) is 2.96. The van der Waals surface area contributed by atoms with Gasteiger partial charge in [0.2, 0.25) is 0 Å². The van der Waals surface area contributed by atoms with E-state index < -0.39 is 0 Å². The summed E-state index contributed by atoms with van der Waals surface area (Å²) in [5.74, 6) is 5.13. The summed E-state index contributed by atoms with van der Waals surface area (Å²) < 4.78 is 0. The smallest absolute Gasteiger partial charge is 0.251 e. The minimum atomic E-state index is -0.198. The van der Waals surface area contributed by atoms with Gasteiger partial charge < -0.3 is 15.4 Å². The standard InChI is InChI=1S/C14H13N3O2/c18-6-2-4-11-3-1-5-12(7-11)14(19)16-9-13-8-15-10-17-13/h1,3,5,7-8,10,18H,6,9H2,(H,15,17)(H,16,19). The van der Waals surface area contributed by atoms with Crippen molar-refractivity contribution in [2.45, 2.75) is 6.54 Å². The van der Waals surface area contributed by atoms with E-state index >= 15 is 0 Å². The molecule has 5 nitrogen and oxygen atoms in total. The van der Waals surface area contributed by atoms with Crippen molar-refractivity contribution < 1.29 is 9.90 Å². The second-order valence-electron chi connectivity index (χ2n) is 3.80. The van der Waals surface area contributed by atoms with E-state index in [9.17, 15) is 4.79 Å². The summed E-state index contributed by atoms with van der Waals surface area (Å²) in [4.78, 5) is 18.7. The van der Waals surface area contributed by atoms with E-state index in [4.69, 9.17) is 5.11 Å². The summed E-state index contributed by atoms with van der Waals surface area (Å²) in [6.07, 6.45) is 3.22. The van der Waals surface area contributed by atoms with Crippen LogP contribution in [0.4, 0.5) is 0 Å². The van der Waals surface area contributed by atoms with Gasteiger partial charge in [-0.2, -0.15) is 0 Å². The predicted octanol–water partition coefficient (Wildman–Crippen LogP) is 0.684. The van der Waals surface area contributed by atoms with Crippen LogP contribution >= 0.6 is 0 Å². The summed E-state index contributed by atoms with van der Waals surface area (Å²) in [5.41, 5.74) is 2.07. The Morgan fingerprint density at radius 3 is 3.11 bits per heavy atom. The van der Waals surface area contributed by atoms with Gasteiger partial charge >= 0.3 is 0 Å². The molecular weight excluding hydrogens is 242 g/mol. The molecule has 0 unspecified atom stereocenters. The monoisotopic (exact) mass is 255 g/mol. The molecule has 1 amide bonds. The van der Waals surface area contributed by atoms with Crippen LogP contribution < -0.4 is 5.32 Å². The fourth-order valence-corrected chi connectivity index (χ4v) is 1.54. The number of hydrogen-bond donors (Lipinski definition) is 3. The lowest BCUT2D eigenvalue weighted by Gasteiger charge is -2.04. The van der Waals surface area contributed by atoms with Crippen molar-refractivity contribution in [2.24, 2.45) is 0 Å². The van der Waals surface area contributed by atoms with E-state index in [1.54, 1.807) is 36.8 Å². The van der Waals surface area contributed by atoms with Crippen LogP contribution in [-0.2, 0) is 6.54 Å². The number of benzene rings is 1. The summed E-state index contributed by atoms with van der Waals surface area (Å²) in [7, 11) is 0. The summed E-state index contributed by atoms with van der Waals surface area (Å²) in [6.45, 7) is 0.196. The highest BCUT2D eigenvalue weighted by atomic mass is 16.2. The fraction of sp³-hybridized carbons (Fsp3) is 0.143. The number of aromatic amines is 1. The lowest BCUT2D eigenvalue weighted by Crippen LogP contribution is -2.22. The highest BCUT2D eigenvalue weighted by molar-refractivity contribution is 5.94. The van der Waals surface area contributed by atoms with Gasteiger partial charge in [-0.25, -0.2) is 4.98 Å². The molecule has 3 N–H and O–H groups in total. The van der Waals surface area contributed by atoms with Crippen LogP contribution in [-0.4, -0.2) is 27.6 Å². The molecule has 5 heteroatoms. The Labute approximate surface area is 110 Å². The van der Waals surface area contributed by atoms with E-state index in [1.807, 2.05) is 0 Å². The first-order chi connectivity index (χ1) is 9.29. The van der Waals surface area contributed by atoms with Crippen LogP contribution in [0.3, 0.4) is 0 Å². The van der Waals surface area contributed by atoms with E-state index in [1.165, 1.54) is 0 Å². The molecule has 0 spiro atoms. The lowest BCUT2D eigenvalue weighted by atomic mass is 10.1. The van der Waals surface area contributed by atoms with Gasteiger partial charge in [0.1, 0.15) is 6.61 Å². The Kier molecular flexibility index (Phi) is 4.32. The molecule has 0 saturated carbocycles. The molecule has 0 saturated heterocycles. The molecule has 0 bridgehead atoms. The molecule has 2 aromatic rings. The summed E-state index contributed by atoms with van der Waals surface area (Å²) in [5, 5.41) is 11.4. The third kappa shape index (κ3) is 3.69. The maximum atomic E-state index is 11.9. The number of rotatable bonds is 3. The van der Waals surface area contributed by atoms with E-state index in [2.05, 4.69) is 27.1 Å². The normalized spacial score (nSPS) is 9.53. The second kappa shape index (κ2) is 6.38. The van der Waals surface area contributed by atoms with Crippen LogP contribution in [0.15, 0.2) is 36.8 Å². The zero-order chi connectivity index (χ0) is 13.5. The number of hydrogen-bond acceptors (Lipinski definition) is 3. The molecule has 1 aromatic carbocycles. The Bertz CT molecular complexity index is 609. The van der Waals surface area contributed by atoms with E-state index in [0.29, 0.717) is 17.7 Å². The van der Waals surface area contributed by atoms with Crippen LogP contribution in [0, 0.1) is 11.8 Å². The van der Waals surface area contributed by atoms with Crippen molar-refractivity contribution in [1.82, 2.24) is 15.3 Å². The maximum absolute atomic E-state index is 11.9. The molecule has 0 atom stereocenters. The van der Waals surface area contributed by atoms with Crippen LogP contribution in [0.5, 0.6) is 0 Å². The van der Waals surface area contributed by atoms with Gasteiger partial charge in [-0.05, 0) is 18.2 Å². The number of imidazole rings is 1. The minimum Gasteiger partial charge on any atom is -0.384 e. The van der Waals surface area contributed by atoms with Crippen molar-refractivity contribution in [2.75, 3.05) is 6.61 Å². The van der Waals surface area contributed by atoms with Gasteiger partial charge in [0.25, 0.3) is 5.91 Å². The highest BCUT2D eigenvalue weighted by Crippen LogP contribution is 2.04. The van der Waals surface area contributed by atoms with E-state index in [-0.39, 0.29) is 12.5 Å². The maximum Gasteiger partial charge on any atom is 0.251 e. The van der Waals surface area contributed by atoms with Crippen molar-refractivity contribution in [3.8, 4) is 11.8 Å². The summed E-state index contributed by atoms with van der Waals surface area (Å²) in [6, 6.07) is 6.94. The molecular formula is C14H13N3O2. The number of aliphatic hydroxyl groups excluding tert-OH is 1. The summed E-state index contributed by atoms with van der Waals surface area (Å²) >= 11 is 0. The van der Waals surface area contributed by atoms with Gasteiger partial charge in [0, 0.05) is 17.3 Å². The first-order valence-electron chi connectivity index (χ1n) is 5.75. The molecule has 96 valence electrons.